The maximum absolute atomic E-state index is 6.40. The van der Waals surface area contributed by atoms with Crippen LogP contribution >= 0.6 is 11.6 Å². The lowest BCUT2D eigenvalue weighted by atomic mass is 10.1. The average molecular weight is 418 g/mol. The zero-order chi connectivity index (χ0) is 20.5. The van der Waals surface area contributed by atoms with E-state index in [9.17, 15) is 0 Å². The quantitative estimate of drug-likeness (QED) is 0.389. The van der Waals surface area contributed by atoms with Gasteiger partial charge in [0.05, 0.1) is 18.4 Å². The Balaban J connectivity index is 1.41. The van der Waals surface area contributed by atoms with Gasteiger partial charge in [0, 0.05) is 29.2 Å². The molecule has 30 heavy (non-hydrogen) atoms. The molecule has 0 unspecified atom stereocenters. The van der Waals surface area contributed by atoms with Crippen molar-refractivity contribution in [3.05, 3.63) is 83.0 Å². The topological polar surface area (TPSA) is 97.4 Å². The van der Waals surface area contributed by atoms with Crippen LogP contribution in [0.5, 0.6) is 0 Å². The van der Waals surface area contributed by atoms with Gasteiger partial charge in [0.2, 0.25) is 0 Å². The highest BCUT2D eigenvalue weighted by molar-refractivity contribution is 6.31. The Hall–Kier alpha value is -3.42. The van der Waals surface area contributed by atoms with Gasteiger partial charge in [-0.2, -0.15) is 0 Å². The van der Waals surface area contributed by atoms with Gasteiger partial charge in [0.25, 0.3) is 0 Å². The summed E-state index contributed by atoms with van der Waals surface area (Å²) in [6.45, 7) is 2.12. The molecule has 0 spiro atoms. The van der Waals surface area contributed by atoms with Gasteiger partial charge in [0.15, 0.2) is 11.5 Å². The molecule has 0 atom stereocenters. The fraction of sp³-hybridized carbons (Fsp3) is 0.136. The average Bonchev–Trinajstić information content (AvgIpc) is 3.34. The zero-order valence-corrected chi connectivity index (χ0v) is 16.9. The number of H-pyrrole nitrogens is 1. The molecule has 0 bridgehead atoms. The Morgan fingerprint density at radius 3 is 2.77 bits per heavy atom. The fourth-order valence-corrected chi connectivity index (χ4v) is 3.94. The molecule has 0 aliphatic carbocycles. The standard InChI is InChI=1S/C22H20ClN7/c23-17-6-15-8-18(10-25-9-14-4-2-1-3-5-14)29-19(15)16(7-17)11-30-13-28-20-21(24)26-12-27-22(20)30/h1-8,12-13,25,29H,9-11H2,(H2,24,26,27). The van der Waals surface area contributed by atoms with Crippen LogP contribution in [0.2, 0.25) is 5.02 Å². The van der Waals surface area contributed by atoms with Gasteiger partial charge in [-0.15, -0.1) is 0 Å². The lowest BCUT2D eigenvalue weighted by Gasteiger charge is -2.07. The Morgan fingerprint density at radius 2 is 1.90 bits per heavy atom. The second-order valence-corrected chi connectivity index (χ2v) is 7.65. The minimum atomic E-state index is 0.377. The number of nitrogen functional groups attached to an aromatic ring is 1. The predicted molar refractivity (Wildman–Crippen MR) is 119 cm³/mol. The number of hydrogen-bond donors (Lipinski definition) is 3. The number of nitrogens with zero attached hydrogens (tertiary/aromatic N) is 4. The van der Waals surface area contributed by atoms with E-state index in [1.807, 2.05) is 34.9 Å². The fourth-order valence-electron chi connectivity index (χ4n) is 3.69. The summed E-state index contributed by atoms with van der Waals surface area (Å²) in [6.07, 6.45) is 3.18. The van der Waals surface area contributed by atoms with Crippen LogP contribution in [0.4, 0.5) is 5.82 Å². The second kappa shape index (κ2) is 7.78. The molecule has 0 amide bonds. The number of imidazole rings is 1. The van der Waals surface area contributed by atoms with Crippen LogP contribution < -0.4 is 11.1 Å². The number of hydrogen-bond acceptors (Lipinski definition) is 5. The number of nitrogens with one attached hydrogen (secondary N) is 2. The number of rotatable bonds is 6. The number of anilines is 1. The molecule has 0 fully saturated rings. The number of halogens is 1. The molecular weight excluding hydrogens is 398 g/mol. The minimum Gasteiger partial charge on any atom is -0.382 e. The third-order valence-electron chi connectivity index (χ3n) is 5.09. The summed E-state index contributed by atoms with van der Waals surface area (Å²) in [6, 6.07) is 16.4. The molecule has 3 heterocycles. The van der Waals surface area contributed by atoms with Gasteiger partial charge in [-0.1, -0.05) is 41.9 Å². The Morgan fingerprint density at radius 1 is 1.03 bits per heavy atom. The van der Waals surface area contributed by atoms with Gasteiger partial charge in [-0.3, -0.25) is 0 Å². The van der Waals surface area contributed by atoms with E-state index in [4.69, 9.17) is 17.3 Å². The van der Waals surface area contributed by atoms with Crippen LogP contribution in [-0.4, -0.2) is 24.5 Å². The van der Waals surface area contributed by atoms with Crippen LogP contribution in [0.15, 0.2) is 61.2 Å². The van der Waals surface area contributed by atoms with Gasteiger partial charge in [0.1, 0.15) is 11.8 Å². The van der Waals surface area contributed by atoms with Crippen molar-refractivity contribution in [2.75, 3.05) is 5.73 Å². The van der Waals surface area contributed by atoms with E-state index in [1.54, 1.807) is 6.33 Å². The largest absolute Gasteiger partial charge is 0.382 e. The van der Waals surface area contributed by atoms with Gasteiger partial charge < -0.3 is 20.6 Å². The summed E-state index contributed by atoms with van der Waals surface area (Å²) in [7, 11) is 0. The molecule has 5 rings (SSSR count). The predicted octanol–water partition coefficient (Wildman–Crippen LogP) is 3.88. The molecule has 150 valence electrons. The highest BCUT2D eigenvalue weighted by atomic mass is 35.5. The molecule has 3 aromatic heterocycles. The SMILES string of the molecule is Nc1ncnc2c1ncn2Cc1cc(Cl)cc2cc(CNCc3ccccc3)[nH]c12. The molecule has 0 aliphatic rings. The van der Waals surface area contributed by atoms with Crippen LogP contribution in [0.3, 0.4) is 0 Å². The lowest BCUT2D eigenvalue weighted by molar-refractivity contribution is 0.683. The normalized spacial score (nSPS) is 11.5. The first-order valence-electron chi connectivity index (χ1n) is 9.63. The number of fused-ring (bicyclic) bond motifs is 2. The first-order chi connectivity index (χ1) is 14.7. The molecule has 0 aliphatic heterocycles. The van der Waals surface area contributed by atoms with Crippen molar-refractivity contribution in [3.63, 3.8) is 0 Å². The zero-order valence-electron chi connectivity index (χ0n) is 16.1. The van der Waals surface area contributed by atoms with Crippen molar-refractivity contribution in [1.29, 1.82) is 0 Å². The van der Waals surface area contributed by atoms with Gasteiger partial charge in [-0.25, -0.2) is 15.0 Å². The first-order valence-corrected chi connectivity index (χ1v) is 10.0. The first kappa shape index (κ1) is 18.6. The Bertz CT molecular complexity index is 1320. The molecular formula is C22H20ClN7. The van der Waals surface area contributed by atoms with Crippen molar-refractivity contribution in [3.8, 4) is 0 Å². The van der Waals surface area contributed by atoms with Crippen LogP contribution in [-0.2, 0) is 19.6 Å². The number of aromatic amines is 1. The highest BCUT2D eigenvalue weighted by Crippen LogP contribution is 2.26. The molecule has 8 heteroatoms. The molecule has 0 saturated heterocycles. The van der Waals surface area contributed by atoms with E-state index in [2.05, 4.69) is 43.5 Å². The summed E-state index contributed by atoms with van der Waals surface area (Å²) in [5, 5.41) is 5.25. The molecule has 0 saturated carbocycles. The van der Waals surface area contributed by atoms with Gasteiger partial charge >= 0.3 is 0 Å². The van der Waals surface area contributed by atoms with Crippen molar-refractivity contribution in [1.82, 2.24) is 29.8 Å². The van der Waals surface area contributed by atoms with Crippen molar-refractivity contribution >= 4 is 39.5 Å². The number of benzene rings is 2. The van der Waals surface area contributed by atoms with Crippen molar-refractivity contribution in [2.24, 2.45) is 0 Å². The van der Waals surface area contributed by atoms with E-state index in [-0.39, 0.29) is 0 Å². The maximum Gasteiger partial charge on any atom is 0.165 e. The summed E-state index contributed by atoms with van der Waals surface area (Å²) < 4.78 is 1.95. The molecule has 4 N–H and O–H groups in total. The third-order valence-corrected chi connectivity index (χ3v) is 5.31. The highest BCUT2D eigenvalue weighted by Gasteiger charge is 2.12. The van der Waals surface area contributed by atoms with E-state index >= 15 is 0 Å². The summed E-state index contributed by atoms with van der Waals surface area (Å²) in [5.74, 6) is 0.377. The molecule has 0 radical (unpaired) electrons. The number of nitrogens with two attached hydrogens (primary N) is 1. The smallest absolute Gasteiger partial charge is 0.165 e. The van der Waals surface area contributed by atoms with Crippen LogP contribution in [0.25, 0.3) is 22.1 Å². The third kappa shape index (κ3) is 3.60. The van der Waals surface area contributed by atoms with E-state index < -0.39 is 0 Å². The van der Waals surface area contributed by atoms with Crippen molar-refractivity contribution in [2.45, 2.75) is 19.6 Å². The Kier molecular flexibility index (Phi) is 4.82. The molecule has 7 nitrogen and oxygen atoms in total. The summed E-state index contributed by atoms with van der Waals surface area (Å²) >= 11 is 6.40. The van der Waals surface area contributed by atoms with E-state index in [0.29, 0.717) is 28.5 Å². The number of aromatic nitrogens is 5. The minimum absolute atomic E-state index is 0.377. The van der Waals surface area contributed by atoms with E-state index in [1.165, 1.54) is 11.9 Å². The summed E-state index contributed by atoms with van der Waals surface area (Å²) in [4.78, 5) is 16.2. The molecule has 5 aromatic rings. The Labute approximate surface area is 177 Å². The maximum atomic E-state index is 6.40. The summed E-state index contributed by atoms with van der Waals surface area (Å²) in [5.41, 5.74) is 11.7. The van der Waals surface area contributed by atoms with E-state index in [0.717, 1.165) is 35.2 Å². The van der Waals surface area contributed by atoms with Gasteiger partial charge in [-0.05, 0) is 29.3 Å². The van der Waals surface area contributed by atoms with Crippen molar-refractivity contribution < 1.29 is 0 Å². The molecule has 2 aromatic carbocycles. The van der Waals surface area contributed by atoms with Crippen LogP contribution in [0.1, 0.15) is 16.8 Å². The monoisotopic (exact) mass is 417 g/mol. The van der Waals surface area contributed by atoms with Crippen LogP contribution in [0, 0.1) is 0 Å². The lowest BCUT2D eigenvalue weighted by Crippen LogP contribution is -2.12. The second-order valence-electron chi connectivity index (χ2n) is 7.22.